The molecule has 1 saturated heterocycles. The van der Waals surface area contributed by atoms with Gasteiger partial charge in [-0.15, -0.1) is 0 Å². The minimum Gasteiger partial charge on any atom is -0.460 e. The lowest BCUT2D eigenvalue weighted by Crippen LogP contribution is -2.60. The first-order valence-corrected chi connectivity index (χ1v) is 6.62. The van der Waals surface area contributed by atoms with E-state index >= 15 is 0 Å². The van der Waals surface area contributed by atoms with Crippen LogP contribution in [0.25, 0.3) is 0 Å². The van der Waals surface area contributed by atoms with E-state index in [9.17, 15) is 15.3 Å². The van der Waals surface area contributed by atoms with Crippen molar-refractivity contribution in [2.45, 2.75) is 30.7 Å². The summed E-state index contributed by atoms with van der Waals surface area (Å²) in [6.45, 7) is -0.529. The maximum Gasteiger partial charge on any atom is 0.229 e. The number of hydrogen-bond donors (Lipinski definition) is 4. The first-order chi connectivity index (χ1) is 9.43. The third-order valence-corrected chi connectivity index (χ3v) is 3.52. The van der Waals surface area contributed by atoms with Crippen molar-refractivity contribution in [2.75, 3.05) is 6.61 Å². The highest BCUT2D eigenvalue weighted by atomic mass is 35.5. The molecule has 8 heteroatoms. The number of hydrogen-bond acceptors (Lipinski definition) is 6. The Morgan fingerprint density at radius 1 is 1.10 bits per heavy atom. The number of aliphatic hydroxyl groups excluding tert-OH is 4. The van der Waals surface area contributed by atoms with E-state index in [-0.39, 0.29) is 10.8 Å². The van der Waals surface area contributed by atoms with Crippen molar-refractivity contribution < 1.29 is 29.9 Å². The molecule has 1 aromatic carbocycles. The molecule has 0 aliphatic carbocycles. The second-order valence-corrected chi connectivity index (χ2v) is 5.23. The Hall–Kier alpha value is -0.600. The molecule has 4 N–H and O–H groups in total. The van der Waals surface area contributed by atoms with Crippen LogP contribution in [0.15, 0.2) is 18.2 Å². The fourth-order valence-corrected chi connectivity index (χ4v) is 2.31. The van der Waals surface area contributed by atoms with Gasteiger partial charge in [0, 0.05) is 5.02 Å². The van der Waals surface area contributed by atoms with E-state index in [1.807, 2.05) is 0 Å². The Labute approximate surface area is 125 Å². The van der Waals surface area contributed by atoms with Crippen molar-refractivity contribution in [3.8, 4) is 5.75 Å². The van der Waals surface area contributed by atoms with Crippen LogP contribution in [-0.2, 0) is 4.74 Å². The highest BCUT2D eigenvalue weighted by Crippen LogP contribution is 2.31. The van der Waals surface area contributed by atoms with Crippen LogP contribution >= 0.6 is 23.2 Å². The molecule has 5 atom stereocenters. The summed E-state index contributed by atoms with van der Waals surface area (Å²) >= 11 is 11.7. The van der Waals surface area contributed by atoms with Gasteiger partial charge in [0.25, 0.3) is 0 Å². The molecule has 1 heterocycles. The number of benzene rings is 1. The Balaban J connectivity index is 2.15. The quantitative estimate of drug-likeness (QED) is 0.632. The summed E-state index contributed by atoms with van der Waals surface area (Å²) in [4.78, 5) is 0. The third-order valence-electron chi connectivity index (χ3n) is 2.99. The summed E-state index contributed by atoms with van der Waals surface area (Å²) in [5.41, 5.74) is 0. The lowest BCUT2D eigenvalue weighted by Gasteiger charge is -2.39. The molecule has 1 fully saturated rings. The van der Waals surface area contributed by atoms with Crippen molar-refractivity contribution >= 4 is 23.2 Å². The molecule has 1 aromatic rings. The van der Waals surface area contributed by atoms with E-state index in [1.165, 1.54) is 18.2 Å². The number of rotatable bonds is 3. The van der Waals surface area contributed by atoms with E-state index in [0.29, 0.717) is 5.02 Å². The summed E-state index contributed by atoms with van der Waals surface area (Å²) in [6.07, 6.45) is -6.74. The van der Waals surface area contributed by atoms with Gasteiger partial charge in [0.15, 0.2) is 0 Å². The molecule has 112 valence electrons. The van der Waals surface area contributed by atoms with Crippen molar-refractivity contribution in [3.05, 3.63) is 28.2 Å². The minimum atomic E-state index is -1.50. The summed E-state index contributed by atoms with van der Waals surface area (Å²) in [7, 11) is 0. The van der Waals surface area contributed by atoms with E-state index in [0.717, 1.165) is 0 Å². The van der Waals surface area contributed by atoms with Crippen LogP contribution in [0.3, 0.4) is 0 Å². The van der Waals surface area contributed by atoms with Gasteiger partial charge in [-0.25, -0.2) is 0 Å². The normalized spacial score (nSPS) is 34.0. The van der Waals surface area contributed by atoms with Crippen molar-refractivity contribution in [3.63, 3.8) is 0 Å². The molecule has 20 heavy (non-hydrogen) atoms. The molecule has 0 radical (unpaired) electrons. The maximum absolute atomic E-state index is 9.82. The number of aliphatic hydroxyl groups is 4. The van der Waals surface area contributed by atoms with Gasteiger partial charge in [-0.05, 0) is 18.2 Å². The molecule has 6 nitrogen and oxygen atoms in total. The van der Waals surface area contributed by atoms with Gasteiger partial charge in [0.05, 0.1) is 11.6 Å². The van der Waals surface area contributed by atoms with Crippen LogP contribution < -0.4 is 4.74 Å². The fourth-order valence-electron chi connectivity index (χ4n) is 1.86. The highest BCUT2D eigenvalue weighted by molar-refractivity contribution is 6.35. The van der Waals surface area contributed by atoms with Crippen molar-refractivity contribution in [1.82, 2.24) is 0 Å². The smallest absolute Gasteiger partial charge is 0.229 e. The molecular formula is C12H14Cl2O6. The van der Waals surface area contributed by atoms with Gasteiger partial charge < -0.3 is 29.9 Å². The van der Waals surface area contributed by atoms with Crippen molar-refractivity contribution in [2.24, 2.45) is 0 Å². The molecule has 0 unspecified atom stereocenters. The van der Waals surface area contributed by atoms with Crippen LogP contribution in [0.2, 0.25) is 10.0 Å². The second-order valence-electron chi connectivity index (χ2n) is 4.39. The number of halogens is 2. The zero-order valence-corrected chi connectivity index (χ0v) is 11.7. The lowest BCUT2D eigenvalue weighted by atomic mass is 9.99. The first kappa shape index (κ1) is 15.8. The molecule has 1 aliphatic heterocycles. The van der Waals surface area contributed by atoms with Gasteiger partial charge in [-0.3, -0.25) is 0 Å². The molecule has 1 aliphatic rings. The topological polar surface area (TPSA) is 99.4 Å². The molecule has 0 saturated carbocycles. The predicted molar refractivity (Wildman–Crippen MR) is 70.9 cm³/mol. The van der Waals surface area contributed by atoms with Gasteiger partial charge in [-0.1, -0.05) is 23.2 Å². The first-order valence-electron chi connectivity index (χ1n) is 5.86. The van der Waals surface area contributed by atoms with Gasteiger partial charge >= 0.3 is 0 Å². The second kappa shape index (κ2) is 6.44. The Morgan fingerprint density at radius 3 is 2.40 bits per heavy atom. The monoisotopic (exact) mass is 324 g/mol. The third kappa shape index (κ3) is 3.17. The molecular weight excluding hydrogens is 311 g/mol. The van der Waals surface area contributed by atoms with E-state index < -0.39 is 37.3 Å². The van der Waals surface area contributed by atoms with Crippen LogP contribution in [0, 0.1) is 0 Å². The fraction of sp³-hybridized carbons (Fsp3) is 0.500. The summed E-state index contributed by atoms with van der Waals surface area (Å²) < 4.78 is 10.6. The van der Waals surface area contributed by atoms with Gasteiger partial charge in [0.2, 0.25) is 6.29 Å². The van der Waals surface area contributed by atoms with Crippen LogP contribution in [0.5, 0.6) is 5.75 Å². The largest absolute Gasteiger partial charge is 0.460 e. The maximum atomic E-state index is 9.82. The number of ether oxygens (including phenoxy) is 2. The molecule has 2 rings (SSSR count). The van der Waals surface area contributed by atoms with Gasteiger partial charge in [-0.2, -0.15) is 0 Å². The Morgan fingerprint density at radius 2 is 1.80 bits per heavy atom. The summed E-state index contributed by atoms with van der Waals surface area (Å²) in [6, 6.07) is 4.46. The van der Waals surface area contributed by atoms with Crippen molar-refractivity contribution in [1.29, 1.82) is 0 Å². The SMILES string of the molecule is OC[C@H]1O[C@@H](Oc2ccc(Cl)cc2Cl)[C@H](O)[C@@H](O)[C@H]1O. The summed E-state index contributed by atoms with van der Waals surface area (Å²) in [5, 5.41) is 38.8. The average molecular weight is 325 g/mol. The average Bonchev–Trinajstić information content (AvgIpc) is 2.42. The highest BCUT2D eigenvalue weighted by Gasteiger charge is 2.44. The molecule has 0 aromatic heterocycles. The molecule has 0 bridgehead atoms. The summed E-state index contributed by atoms with van der Waals surface area (Å²) in [5.74, 6) is 0.195. The van der Waals surface area contributed by atoms with E-state index in [4.69, 9.17) is 37.8 Å². The minimum absolute atomic E-state index is 0.195. The van der Waals surface area contributed by atoms with Crippen LogP contribution in [0.4, 0.5) is 0 Å². The van der Waals surface area contributed by atoms with Gasteiger partial charge in [0.1, 0.15) is 30.2 Å². The van der Waals surface area contributed by atoms with Crippen LogP contribution in [0.1, 0.15) is 0 Å². The van der Waals surface area contributed by atoms with E-state index in [2.05, 4.69) is 0 Å². The Kier molecular flexibility index (Phi) is 5.09. The zero-order chi connectivity index (χ0) is 14.9. The molecule has 0 amide bonds. The Bertz CT molecular complexity index is 469. The van der Waals surface area contributed by atoms with Crippen LogP contribution in [-0.4, -0.2) is 57.7 Å². The van der Waals surface area contributed by atoms with E-state index in [1.54, 1.807) is 0 Å². The lowest BCUT2D eigenvalue weighted by molar-refractivity contribution is -0.277. The standard InChI is InChI=1S/C12H14Cl2O6/c13-5-1-2-7(6(14)3-5)19-12-11(18)10(17)9(16)8(4-15)20-12/h1-3,8-12,15-18H,4H2/t8-,9+,10+,11-,12-/m1/s1. The predicted octanol–water partition coefficient (Wildman–Crippen LogP) is 0.172. The molecule has 0 spiro atoms. The zero-order valence-electron chi connectivity index (χ0n) is 10.2.